The first-order valence-corrected chi connectivity index (χ1v) is 10.4. The molecule has 0 aliphatic heterocycles. The molecule has 3 rings (SSSR count). The van der Waals surface area contributed by atoms with Crippen molar-refractivity contribution in [2.24, 2.45) is 0 Å². The smallest absolute Gasteiger partial charge is 0.281 e. The summed E-state index contributed by atoms with van der Waals surface area (Å²) in [6.45, 7) is 6.73. The lowest BCUT2D eigenvalue weighted by Gasteiger charge is -2.07. The van der Waals surface area contributed by atoms with Crippen molar-refractivity contribution in [2.75, 3.05) is 13.2 Å². The Balaban J connectivity index is 1.63. The van der Waals surface area contributed by atoms with Gasteiger partial charge in [-0.15, -0.1) is 11.3 Å². The summed E-state index contributed by atoms with van der Waals surface area (Å²) in [5, 5.41) is 0.721. The second-order valence-corrected chi connectivity index (χ2v) is 7.26. The van der Waals surface area contributed by atoms with Crippen molar-refractivity contribution in [3.05, 3.63) is 64.7 Å². The summed E-state index contributed by atoms with van der Waals surface area (Å²) >= 11 is 1.26. The van der Waals surface area contributed by atoms with E-state index < -0.39 is 11.8 Å². The maximum Gasteiger partial charge on any atom is 0.281 e. The van der Waals surface area contributed by atoms with Crippen LogP contribution in [-0.4, -0.2) is 30.0 Å². The second kappa shape index (κ2) is 9.89. The summed E-state index contributed by atoms with van der Waals surface area (Å²) in [6.07, 6.45) is 0. The molecular weight excluding hydrogens is 402 g/mol. The van der Waals surface area contributed by atoms with Crippen LogP contribution in [-0.2, 0) is 0 Å². The minimum absolute atomic E-state index is 0.412. The molecule has 0 saturated carbocycles. The Labute approximate surface area is 179 Å². The highest BCUT2D eigenvalue weighted by Crippen LogP contribution is 2.29. The number of hydrazine groups is 1. The fourth-order valence-electron chi connectivity index (χ4n) is 2.70. The molecule has 156 valence electrons. The Morgan fingerprint density at radius 1 is 0.867 bits per heavy atom. The summed E-state index contributed by atoms with van der Waals surface area (Å²) in [5.41, 5.74) is 6.78. The molecule has 0 bridgehead atoms. The number of nitrogens with zero attached hydrogens (tertiary/aromatic N) is 1. The number of benzene rings is 2. The number of ether oxygens (including phenoxy) is 2. The first-order chi connectivity index (χ1) is 14.5. The number of hydrogen-bond acceptors (Lipinski definition) is 6. The van der Waals surface area contributed by atoms with Crippen LogP contribution in [0.3, 0.4) is 0 Å². The van der Waals surface area contributed by atoms with Crippen LogP contribution in [0.25, 0.3) is 10.6 Å². The number of rotatable bonds is 7. The minimum Gasteiger partial charge on any atom is -0.494 e. The molecular formula is C22H23N3O4S. The summed E-state index contributed by atoms with van der Waals surface area (Å²) in [6, 6.07) is 14.2. The number of thiazole rings is 1. The fraction of sp³-hybridized carbons (Fsp3) is 0.227. The molecule has 2 aromatic carbocycles. The van der Waals surface area contributed by atoms with Gasteiger partial charge in [0.25, 0.3) is 11.8 Å². The van der Waals surface area contributed by atoms with Crippen LogP contribution in [0.15, 0.2) is 48.5 Å². The zero-order valence-corrected chi connectivity index (χ0v) is 17.8. The topological polar surface area (TPSA) is 89.6 Å². The first kappa shape index (κ1) is 21.3. The van der Waals surface area contributed by atoms with E-state index >= 15 is 0 Å². The largest absolute Gasteiger partial charge is 0.494 e. The number of nitrogens with one attached hydrogen (secondary N) is 2. The van der Waals surface area contributed by atoms with Gasteiger partial charge in [0.1, 0.15) is 21.4 Å². The van der Waals surface area contributed by atoms with Gasteiger partial charge in [0.05, 0.1) is 18.9 Å². The van der Waals surface area contributed by atoms with Gasteiger partial charge < -0.3 is 9.47 Å². The van der Waals surface area contributed by atoms with Crippen molar-refractivity contribution in [3.63, 3.8) is 0 Å². The van der Waals surface area contributed by atoms with Crippen molar-refractivity contribution in [1.29, 1.82) is 0 Å². The van der Waals surface area contributed by atoms with E-state index in [1.54, 1.807) is 31.2 Å². The van der Waals surface area contributed by atoms with Crippen LogP contribution >= 0.6 is 11.3 Å². The Hall–Kier alpha value is -3.39. The molecule has 0 radical (unpaired) electrons. The molecule has 0 aliphatic carbocycles. The molecule has 3 aromatic rings. The van der Waals surface area contributed by atoms with Gasteiger partial charge in [-0.25, -0.2) is 4.98 Å². The molecule has 30 heavy (non-hydrogen) atoms. The third kappa shape index (κ3) is 5.15. The Kier molecular flexibility index (Phi) is 7.03. The number of aromatic nitrogens is 1. The van der Waals surface area contributed by atoms with Crippen molar-refractivity contribution < 1.29 is 19.1 Å². The highest BCUT2D eigenvalue weighted by Gasteiger charge is 2.17. The van der Waals surface area contributed by atoms with Gasteiger partial charge in [-0.1, -0.05) is 0 Å². The summed E-state index contributed by atoms with van der Waals surface area (Å²) in [5.74, 6) is 0.631. The van der Waals surface area contributed by atoms with E-state index in [1.807, 2.05) is 38.1 Å². The lowest BCUT2D eigenvalue weighted by atomic mass is 10.2. The summed E-state index contributed by atoms with van der Waals surface area (Å²) < 4.78 is 10.8. The van der Waals surface area contributed by atoms with E-state index in [0.29, 0.717) is 35.1 Å². The maximum absolute atomic E-state index is 12.5. The number of carbonyl (C=O) groups excluding carboxylic acids is 2. The van der Waals surface area contributed by atoms with Gasteiger partial charge in [-0.05, 0) is 69.3 Å². The van der Waals surface area contributed by atoms with E-state index in [9.17, 15) is 9.59 Å². The molecule has 0 spiro atoms. The van der Waals surface area contributed by atoms with E-state index in [-0.39, 0.29) is 0 Å². The zero-order chi connectivity index (χ0) is 21.5. The Bertz CT molecular complexity index is 1010. The molecule has 0 aliphatic rings. The highest BCUT2D eigenvalue weighted by molar-refractivity contribution is 7.17. The molecule has 1 heterocycles. The van der Waals surface area contributed by atoms with Crippen LogP contribution in [0.2, 0.25) is 0 Å². The molecule has 0 fully saturated rings. The van der Waals surface area contributed by atoms with Crippen LogP contribution < -0.4 is 20.3 Å². The van der Waals surface area contributed by atoms with Crippen LogP contribution in [0.4, 0.5) is 0 Å². The standard InChI is InChI=1S/C22H23N3O4S/c1-4-28-17-10-6-15(7-11-17)20(26)24-25-21(27)19-14(3)23-22(30-19)16-8-12-18(13-9-16)29-5-2/h6-13H,4-5H2,1-3H3,(H,24,26)(H,25,27). The fourth-order valence-corrected chi connectivity index (χ4v) is 3.67. The summed E-state index contributed by atoms with van der Waals surface area (Å²) in [4.78, 5) is 29.7. The van der Waals surface area contributed by atoms with Gasteiger partial charge in [-0.2, -0.15) is 0 Å². The van der Waals surface area contributed by atoms with Gasteiger partial charge in [0, 0.05) is 11.1 Å². The number of aryl methyl sites for hydroxylation is 1. The van der Waals surface area contributed by atoms with Crippen molar-refractivity contribution in [2.45, 2.75) is 20.8 Å². The van der Waals surface area contributed by atoms with Crippen LogP contribution in [0, 0.1) is 6.92 Å². The van der Waals surface area contributed by atoms with E-state index in [4.69, 9.17) is 9.47 Å². The first-order valence-electron chi connectivity index (χ1n) is 9.56. The quantitative estimate of drug-likeness (QED) is 0.559. The third-order valence-corrected chi connectivity index (χ3v) is 5.34. The molecule has 7 nitrogen and oxygen atoms in total. The summed E-state index contributed by atoms with van der Waals surface area (Å²) in [7, 11) is 0. The van der Waals surface area contributed by atoms with Crippen molar-refractivity contribution in [3.8, 4) is 22.1 Å². The lowest BCUT2D eigenvalue weighted by Crippen LogP contribution is -2.41. The Morgan fingerprint density at radius 3 is 1.97 bits per heavy atom. The number of carbonyl (C=O) groups is 2. The number of hydrogen-bond donors (Lipinski definition) is 2. The molecule has 0 saturated heterocycles. The predicted octanol–water partition coefficient (Wildman–Crippen LogP) is 3.99. The van der Waals surface area contributed by atoms with E-state index in [0.717, 1.165) is 16.3 Å². The monoisotopic (exact) mass is 425 g/mol. The van der Waals surface area contributed by atoms with Gasteiger partial charge >= 0.3 is 0 Å². The van der Waals surface area contributed by atoms with E-state index in [2.05, 4.69) is 15.8 Å². The predicted molar refractivity (Wildman–Crippen MR) is 116 cm³/mol. The molecule has 1 aromatic heterocycles. The van der Waals surface area contributed by atoms with Crippen LogP contribution in [0.5, 0.6) is 11.5 Å². The molecule has 0 atom stereocenters. The third-order valence-electron chi connectivity index (χ3n) is 4.13. The highest BCUT2D eigenvalue weighted by atomic mass is 32.1. The zero-order valence-electron chi connectivity index (χ0n) is 17.0. The molecule has 8 heteroatoms. The van der Waals surface area contributed by atoms with Crippen molar-refractivity contribution in [1.82, 2.24) is 15.8 Å². The van der Waals surface area contributed by atoms with E-state index in [1.165, 1.54) is 11.3 Å². The molecule has 2 amide bonds. The molecule has 2 N–H and O–H groups in total. The Morgan fingerprint density at radius 2 is 1.40 bits per heavy atom. The van der Waals surface area contributed by atoms with Gasteiger partial charge in [-0.3, -0.25) is 20.4 Å². The number of amides is 2. The average Bonchev–Trinajstić information content (AvgIpc) is 3.15. The van der Waals surface area contributed by atoms with Gasteiger partial charge in [0.15, 0.2) is 0 Å². The van der Waals surface area contributed by atoms with Crippen molar-refractivity contribution >= 4 is 23.2 Å². The molecule has 0 unspecified atom stereocenters. The minimum atomic E-state index is -0.416. The average molecular weight is 426 g/mol. The van der Waals surface area contributed by atoms with Gasteiger partial charge in [0.2, 0.25) is 0 Å². The second-order valence-electron chi connectivity index (χ2n) is 6.26. The van der Waals surface area contributed by atoms with Crippen LogP contribution in [0.1, 0.15) is 39.6 Å². The normalized spacial score (nSPS) is 10.4. The SMILES string of the molecule is CCOc1ccc(C(=O)NNC(=O)c2sc(-c3ccc(OCC)cc3)nc2C)cc1. The lowest BCUT2D eigenvalue weighted by molar-refractivity contribution is 0.0848. The maximum atomic E-state index is 12.5.